The fourth-order valence-electron chi connectivity index (χ4n) is 4.38. The number of carbonyl (C=O) groups excluding carboxylic acids is 3. The highest BCUT2D eigenvalue weighted by Gasteiger charge is 2.53. The van der Waals surface area contributed by atoms with Gasteiger partial charge in [-0.1, -0.05) is 60.7 Å². The van der Waals surface area contributed by atoms with Crippen molar-refractivity contribution in [2.24, 2.45) is 0 Å². The van der Waals surface area contributed by atoms with E-state index in [2.05, 4.69) is 0 Å². The molecule has 2 aliphatic heterocycles. The number of benzene rings is 2. The van der Waals surface area contributed by atoms with Crippen molar-refractivity contribution in [3.8, 4) is 0 Å². The van der Waals surface area contributed by atoms with Gasteiger partial charge in [-0.05, 0) is 17.5 Å². The lowest BCUT2D eigenvalue weighted by molar-refractivity contribution is -0.314. The third kappa shape index (κ3) is 7.38. The first kappa shape index (κ1) is 27.7. The Morgan fingerprint density at radius 3 is 2.00 bits per heavy atom. The number of ether oxygens (including phenoxy) is 7. The molecule has 6 atom stereocenters. The summed E-state index contributed by atoms with van der Waals surface area (Å²) in [5, 5.41) is 0. The summed E-state index contributed by atoms with van der Waals surface area (Å²) in [6, 6.07) is 18.8. The average Bonchev–Trinajstić information content (AvgIpc) is 3.35. The molecule has 0 unspecified atom stereocenters. The fourth-order valence-corrected chi connectivity index (χ4v) is 4.38. The quantitative estimate of drug-likeness (QED) is 0.318. The molecule has 2 aliphatic rings. The molecule has 4 rings (SSSR count). The second-order valence-electron chi connectivity index (χ2n) is 9.03. The number of hydrogen-bond acceptors (Lipinski definition) is 10. The molecule has 10 heteroatoms. The van der Waals surface area contributed by atoms with Crippen LogP contribution in [0.25, 0.3) is 0 Å². The van der Waals surface area contributed by atoms with Gasteiger partial charge in [0.25, 0.3) is 0 Å². The Balaban J connectivity index is 1.61. The maximum Gasteiger partial charge on any atom is 0.337 e. The van der Waals surface area contributed by atoms with Crippen molar-refractivity contribution >= 4 is 17.9 Å². The number of hydrogen-bond donors (Lipinski definition) is 0. The third-order valence-corrected chi connectivity index (χ3v) is 6.22. The Morgan fingerprint density at radius 2 is 1.47 bits per heavy atom. The molecule has 2 heterocycles. The van der Waals surface area contributed by atoms with E-state index in [9.17, 15) is 14.4 Å². The summed E-state index contributed by atoms with van der Waals surface area (Å²) in [6.45, 7) is 1.54. The van der Waals surface area contributed by atoms with Crippen molar-refractivity contribution in [2.45, 2.75) is 69.8 Å². The van der Waals surface area contributed by atoms with Crippen molar-refractivity contribution in [3.63, 3.8) is 0 Å². The van der Waals surface area contributed by atoms with Crippen molar-refractivity contribution < 1.29 is 47.5 Å². The fraction of sp³-hybridized carbons (Fsp3) is 0.464. The van der Waals surface area contributed by atoms with Gasteiger partial charge in [0.1, 0.15) is 18.3 Å². The SMILES string of the molecule is COC(=O)[C@H]1O[C@@H](OC[C@H]2CCC(=O)O2)[C@H](OC(C)=O)[C@@H](OCc2ccccc2)[C@@H]1OCc1ccccc1. The van der Waals surface area contributed by atoms with E-state index < -0.39 is 48.7 Å². The largest absolute Gasteiger partial charge is 0.467 e. The van der Waals surface area contributed by atoms with Crippen LogP contribution in [-0.2, 0) is 60.8 Å². The first-order valence-corrected chi connectivity index (χ1v) is 12.5. The van der Waals surface area contributed by atoms with Crippen LogP contribution in [0, 0.1) is 0 Å². The number of methoxy groups -OCH3 is 1. The smallest absolute Gasteiger partial charge is 0.337 e. The number of rotatable bonds is 11. The van der Waals surface area contributed by atoms with Crippen LogP contribution < -0.4 is 0 Å². The minimum absolute atomic E-state index is 0.0109. The lowest BCUT2D eigenvalue weighted by atomic mass is 9.97. The van der Waals surface area contributed by atoms with Crippen LogP contribution in [0.15, 0.2) is 60.7 Å². The summed E-state index contributed by atoms with van der Waals surface area (Å²) in [6.07, 6.45) is -5.20. The van der Waals surface area contributed by atoms with E-state index in [1.807, 2.05) is 60.7 Å². The van der Waals surface area contributed by atoms with E-state index in [0.717, 1.165) is 11.1 Å². The summed E-state index contributed by atoms with van der Waals surface area (Å²) >= 11 is 0. The van der Waals surface area contributed by atoms with E-state index in [1.54, 1.807) is 0 Å². The van der Waals surface area contributed by atoms with Gasteiger partial charge in [-0.25, -0.2) is 4.79 Å². The molecule has 0 amide bonds. The predicted octanol–water partition coefficient (Wildman–Crippen LogP) is 2.71. The molecule has 10 nitrogen and oxygen atoms in total. The van der Waals surface area contributed by atoms with Crippen LogP contribution in [-0.4, -0.2) is 68.4 Å². The van der Waals surface area contributed by atoms with Gasteiger partial charge in [0.15, 0.2) is 18.5 Å². The predicted molar refractivity (Wildman–Crippen MR) is 131 cm³/mol. The molecule has 38 heavy (non-hydrogen) atoms. The van der Waals surface area contributed by atoms with E-state index >= 15 is 0 Å². The summed E-state index contributed by atoms with van der Waals surface area (Å²) < 4.78 is 40.3. The number of esters is 3. The van der Waals surface area contributed by atoms with Crippen LogP contribution in [0.4, 0.5) is 0 Å². The van der Waals surface area contributed by atoms with Gasteiger partial charge in [-0.2, -0.15) is 0 Å². The molecule has 0 saturated carbocycles. The average molecular weight is 529 g/mol. The maximum absolute atomic E-state index is 12.9. The summed E-state index contributed by atoms with van der Waals surface area (Å²) in [7, 11) is 1.24. The molecule has 0 N–H and O–H groups in total. The first-order valence-electron chi connectivity index (χ1n) is 12.5. The molecule has 0 radical (unpaired) electrons. The molecule has 0 spiro atoms. The van der Waals surface area contributed by atoms with Crippen LogP contribution in [0.2, 0.25) is 0 Å². The minimum atomic E-state index is -1.24. The first-order chi connectivity index (χ1) is 18.4. The Kier molecular flexibility index (Phi) is 9.83. The standard InChI is InChI=1S/C28H32O10/c1-18(29)36-26-24(34-16-20-11-7-4-8-12-20)23(33-15-19-9-5-3-6-10-19)25(27(31)32-2)38-28(26)35-17-21-13-14-22(30)37-21/h3-12,21,23-26,28H,13-17H2,1-2H3/t21-,23+,24+,25+,26-,28-/m1/s1. The van der Waals surface area contributed by atoms with Gasteiger partial charge in [0, 0.05) is 13.3 Å². The highest BCUT2D eigenvalue weighted by atomic mass is 16.7. The number of carbonyl (C=O) groups is 3. The lowest BCUT2D eigenvalue weighted by Crippen LogP contribution is -2.63. The van der Waals surface area contributed by atoms with Gasteiger partial charge in [0.05, 0.1) is 26.9 Å². The molecule has 2 saturated heterocycles. The van der Waals surface area contributed by atoms with Crippen LogP contribution in [0.3, 0.4) is 0 Å². The van der Waals surface area contributed by atoms with E-state index in [-0.39, 0.29) is 32.2 Å². The maximum atomic E-state index is 12.9. The minimum Gasteiger partial charge on any atom is -0.467 e. The molecule has 0 bridgehead atoms. The van der Waals surface area contributed by atoms with Crippen molar-refractivity contribution in [1.29, 1.82) is 0 Å². The van der Waals surface area contributed by atoms with Gasteiger partial charge in [0.2, 0.25) is 0 Å². The lowest BCUT2D eigenvalue weighted by Gasteiger charge is -2.44. The summed E-state index contributed by atoms with van der Waals surface area (Å²) in [5.74, 6) is -1.60. The van der Waals surface area contributed by atoms with E-state index in [4.69, 9.17) is 33.2 Å². The molecular formula is C28H32O10. The Labute approximate surface area is 221 Å². The zero-order valence-corrected chi connectivity index (χ0v) is 21.4. The van der Waals surface area contributed by atoms with E-state index in [0.29, 0.717) is 6.42 Å². The summed E-state index contributed by atoms with van der Waals surface area (Å²) in [5.41, 5.74) is 1.73. The molecule has 0 aromatic heterocycles. The van der Waals surface area contributed by atoms with Crippen molar-refractivity contribution in [1.82, 2.24) is 0 Å². The molecule has 0 aliphatic carbocycles. The Morgan fingerprint density at radius 1 is 0.868 bits per heavy atom. The Hall–Kier alpha value is -3.31. The van der Waals surface area contributed by atoms with Gasteiger partial charge >= 0.3 is 17.9 Å². The highest BCUT2D eigenvalue weighted by molar-refractivity contribution is 5.76. The van der Waals surface area contributed by atoms with Gasteiger partial charge in [-0.3, -0.25) is 9.59 Å². The Bertz CT molecular complexity index is 1060. The van der Waals surface area contributed by atoms with Crippen LogP contribution >= 0.6 is 0 Å². The highest BCUT2D eigenvalue weighted by Crippen LogP contribution is 2.32. The molecule has 2 fully saturated rings. The molecule has 2 aromatic rings. The molecule has 2 aromatic carbocycles. The second kappa shape index (κ2) is 13.5. The third-order valence-electron chi connectivity index (χ3n) is 6.22. The molecule has 204 valence electrons. The monoisotopic (exact) mass is 528 g/mol. The van der Waals surface area contributed by atoms with Crippen molar-refractivity contribution in [2.75, 3.05) is 13.7 Å². The van der Waals surface area contributed by atoms with Gasteiger partial charge in [-0.15, -0.1) is 0 Å². The van der Waals surface area contributed by atoms with Crippen LogP contribution in [0.1, 0.15) is 30.9 Å². The van der Waals surface area contributed by atoms with E-state index in [1.165, 1.54) is 14.0 Å². The molecular weight excluding hydrogens is 496 g/mol. The van der Waals surface area contributed by atoms with Crippen molar-refractivity contribution in [3.05, 3.63) is 71.8 Å². The topological polar surface area (TPSA) is 116 Å². The van der Waals surface area contributed by atoms with Gasteiger partial charge < -0.3 is 33.2 Å². The van der Waals surface area contributed by atoms with Crippen LogP contribution in [0.5, 0.6) is 0 Å². The zero-order valence-electron chi connectivity index (χ0n) is 21.4. The second-order valence-corrected chi connectivity index (χ2v) is 9.03. The zero-order chi connectivity index (χ0) is 26.9. The number of cyclic esters (lactones) is 1. The normalized spacial score (nSPS) is 26.9. The summed E-state index contributed by atoms with van der Waals surface area (Å²) in [4.78, 5) is 36.5.